The van der Waals surface area contributed by atoms with Crippen molar-refractivity contribution in [3.05, 3.63) is 188 Å². The second-order valence-corrected chi connectivity index (χ2v) is 14.0. The molecule has 0 unspecified atom stereocenters. The van der Waals surface area contributed by atoms with Crippen LogP contribution in [0.25, 0.3) is 75.5 Å². The highest BCUT2D eigenvalue weighted by Crippen LogP contribution is 2.49. The number of para-hydroxylation sites is 1. The van der Waals surface area contributed by atoms with Crippen LogP contribution < -0.4 is 4.90 Å². The summed E-state index contributed by atoms with van der Waals surface area (Å²) in [5.74, 6) is 0. The van der Waals surface area contributed by atoms with Gasteiger partial charge in [0.15, 0.2) is 5.58 Å². The minimum Gasteiger partial charge on any atom is -0.454 e. The molecule has 240 valence electrons. The largest absolute Gasteiger partial charge is 0.454 e. The third-order valence-corrected chi connectivity index (χ3v) is 11.0. The summed E-state index contributed by atoms with van der Waals surface area (Å²) in [6, 6.07) is 67.3. The summed E-state index contributed by atoms with van der Waals surface area (Å²) in [6.45, 7) is 0. The van der Waals surface area contributed by atoms with Crippen molar-refractivity contribution in [3.8, 4) is 33.4 Å². The highest BCUT2D eigenvalue weighted by Gasteiger charge is 2.24. The summed E-state index contributed by atoms with van der Waals surface area (Å²) >= 11 is 1.84. The number of benzene rings is 8. The van der Waals surface area contributed by atoms with Gasteiger partial charge in [-0.25, -0.2) is 0 Å². The Morgan fingerprint density at radius 2 is 0.902 bits per heavy atom. The molecule has 0 radical (unpaired) electrons. The number of furan rings is 1. The Hall–Kier alpha value is -6.42. The Bertz CT molecular complexity index is 2830. The molecule has 2 aromatic heterocycles. The first kappa shape index (κ1) is 29.5. The van der Waals surface area contributed by atoms with Crippen LogP contribution in [0.4, 0.5) is 17.1 Å². The maximum absolute atomic E-state index is 6.81. The van der Waals surface area contributed by atoms with Crippen LogP contribution in [0.1, 0.15) is 0 Å². The average molecular weight is 670 g/mol. The van der Waals surface area contributed by atoms with Gasteiger partial charge in [-0.2, -0.15) is 0 Å². The molecule has 0 amide bonds. The Balaban J connectivity index is 1.18. The molecule has 0 aliphatic carbocycles. The van der Waals surface area contributed by atoms with Crippen LogP contribution in [0.5, 0.6) is 0 Å². The van der Waals surface area contributed by atoms with Crippen LogP contribution in [-0.4, -0.2) is 0 Å². The van der Waals surface area contributed by atoms with Crippen molar-refractivity contribution in [2.45, 2.75) is 0 Å². The summed E-state index contributed by atoms with van der Waals surface area (Å²) in [7, 11) is 0. The minimum absolute atomic E-state index is 0.870. The van der Waals surface area contributed by atoms with Gasteiger partial charge in [-0.3, -0.25) is 0 Å². The van der Waals surface area contributed by atoms with E-state index in [0.29, 0.717) is 0 Å². The van der Waals surface area contributed by atoms with Crippen LogP contribution in [0.2, 0.25) is 0 Å². The Kier molecular flexibility index (Phi) is 7.04. The zero-order chi connectivity index (χ0) is 33.7. The molecule has 0 atom stereocenters. The maximum Gasteiger partial charge on any atom is 0.160 e. The smallest absolute Gasteiger partial charge is 0.160 e. The summed E-state index contributed by atoms with van der Waals surface area (Å²) < 4.78 is 9.36. The van der Waals surface area contributed by atoms with E-state index in [4.69, 9.17) is 4.42 Å². The zero-order valence-corrected chi connectivity index (χ0v) is 28.5. The van der Waals surface area contributed by atoms with Gasteiger partial charge in [-0.15, -0.1) is 11.3 Å². The minimum atomic E-state index is 0.870. The SMILES string of the molecule is c1ccc(-c2ccc(-c3ccc(N(c4ccc5c(c4)sc4ccccc45)c4c(-c5ccccc5)ccc5c4oc4ccccc45)cc3)cc2)cc1. The van der Waals surface area contributed by atoms with Gasteiger partial charge in [0.05, 0.1) is 5.69 Å². The first-order chi connectivity index (χ1) is 25.3. The van der Waals surface area contributed by atoms with Crippen LogP contribution in [0.15, 0.2) is 192 Å². The lowest BCUT2D eigenvalue weighted by molar-refractivity contribution is 0.669. The molecular weight excluding hydrogens is 639 g/mol. The van der Waals surface area contributed by atoms with Crippen molar-refractivity contribution < 1.29 is 4.42 Å². The highest BCUT2D eigenvalue weighted by molar-refractivity contribution is 7.25. The summed E-state index contributed by atoms with van der Waals surface area (Å²) in [6.07, 6.45) is 0. The van der Waals surface area contributed by atoms with Gasteiger partial charge in [0.25, 0.3) is 0 Å². The standard InChI is InChI=1S/C48H31NOS/c1-3-11-32(12-4-1)33-19-21-34(22-20-33)35-23-25-37(26-24-35)49(38-27-28-42-41-16-8-10-18-45(41)51-46(42)31-38)47-39(36-13-5-2-6-14-36)29-30-43-40-15-7-9-17-44(40)50-48(43)47/h1-31H. The Morgan fingerprint density at radius 1 is 0.373 bits per heavy atom. The van der Waals surface area contributed by atoms with E-state index < -0.39 is 0 Å². The normalized spacial score (nSPS) is 11.5. The first-order valence-corrected chi connectivity index (χ1v) is 18.1. The molecule has 0 N–H and O–H groups in total. The molecule has 0 aliphatic heterocycles. The fourth-order valence-corrected chi connectivity index (χ4v) is 8.54. The van der Waals surface area contributed by atoms with E-state index in [1.807, 2.05) is 17.4 Å². The molecule has 0 saturated carbocycles. The van der Waals surface area contributed by atoms with Crippen molar-refractivity contribution in [2.75, 3.05) is 4.90 Å². The van der Waals surface area contributed by atoms with Crippen molar-refractivity contribution >= 4 is 70.5 Å². The molecule has 2 nitrogen and oxygen atoms in total. The molecular formula is C48H31NOS. The van der Waals surface area contributed by atoms with E-state index in [1.165, 1.54) is 42.4 Å². The van der Waals surface area contributed by atoms with Crippen LogP contribution in [0, 0.1) is 0 Å². The molecule has 3 heteroatoms. The predicted molar refractivity (Wildman–Crippen MR) is 218 cm³/mol. The van der Waals surface area contributed by atoms with Gasteiger partial charge < -0.3 is 9.32 Å². The first-order valence-electron chi connectivity index (χ1n) is 17.3. The second kappa shape index (κ2) is 12.2. The molecule has 0 aliphatic rings. The quantitative estimate of drug-likeness (QED) is 0.175. The molecule has 0 bridgehead atoms. The number of fused-ring (bicyclic) bond motifs is 6. The van der Waals surface area contributed by atoms with E-state index in [-0.39, 0.29) is 0 Å². The summed E-state index contributed by atoms with van der Waals surface area (Å²) in [5.41, 5.74) is 12.0. The molecule has 10 rings (SSSR count). The topological polar surface area (TPSA) is 16.4 Å². The van der Waals surface area contributed by atoms with Crippen molar-refractivity contribution in [3.63, 3.8) is 0 Å². The molecule has 0 saturated heterocycles. The summed E-state index contributed by atoms with van der Waals surface area (Å²) in [5, 5.41) is 4.78. The van der Waals surface area contributed by atoms with Crippen molar-refractivity contribution in [1.82, 2.24) is 0 Å². The van der Waals surface area contributed by atoms with Crippen LogP contribution >= 0.6 is 11.3 Å². The van der Waals surface area contributed by atoms with Gasteiger partial charge in [-0.1, -0.05) is 146 Å². The van der Waals surface area contributed by atoms with E-state index in [2.05, 4.69) is 187 Å². The fourth-order valence-electron chi connectivity index (χ4n) is 7.40. The number of hydrogen-bond donors (Lipinski definition) is 0. The summed E-state index contributed by atoms with van der Waals surface area (Å²) in [4.78, 5) is 2.39. The molecule has 51 heavy (non-hydrogen) atoms. The lowest BCUT2D eigenvalue weighted by atomic mass is 9.98. The lowest BCUT2D eigenvalue weighted by Gasteiger charge is -2.28. The van der Waals surface area contributed by atoms with Crippen molar-refractivity contribution in [1.29, 1.82) is 0 Å². The van der Waals surface area contributed by atoms with E-state index in [1.54, 1.807) is 0 Å². The van der Waals surface area contributed by atoms with Crippen molar-refractivity contribution in [2.24, 2.45) is 0 Å². The lowest BCUT2D eigenvalue weighted by Crippen LogP contribution is -2.11. The molecule has 2 heterocycles. The van der Waals surface area contributed by atoms with Crippen LogP contribution in [0.3, 0.4) is 0 Å². The molecule has 0 spiro atoms. The molecule has 0 fully saturated rings. The monoisotopic (exact) mass is 669 g/mol. The second-order valence-electron chi connectivity index (χ2n) is 12.9. The zero-order valence-electron chi connectivity index (χ0n) is 27.7. The Morgan fingerprint density at radius 3 is 1.63 bits per heavy atom. The Labute approximate surface area is 300 Å². The van der Waals surface area contributed by atoms with Gasteiger partial charge in [-0.05, 0) is 70.3 Å². The number of rotatable bonds is 6. The fraction of sp³-hybridized carbons (Fsp3) is 0. The number of anilines is 3. The average Bonchev–Trinajstić information content (AvgIpc) is 3.77. The third kappa shape index (κ3) is 5.10. The maximum atomic E-state index is 6.81. The van der Waals surface area contributed by atoms with E-state index in [0.717, 1.165) is 50.1 Å². The highest BCUT2D eigenvalue weighted by atomic mass is 32.1. The number of thiophene rings is 1. The van der Waals surface area contributed by atoms with Gasteiger partial charge in [0.1, 0.15) is 5.58 Å². The van der Waals surface area contributed by atoms with E-state index in [9.17, 15) is 0 Å². The van der Waals surface area contributed by atoms with Gasteiger partial charge >= 0.3 is 0 Å². The third-order valence-electron chi connectivity index (χ3n) is 9.90. The van der Waals surface area contributed by atoms with Gasteiger partial charge in [0.2, 0.25) is 0 Å². The van der Waals surface area contributed by atoms with E-state index >= 15 is 0 Å². The predicted octanol–water partition coefficient (Wildman–Crippen LogP) is 14.4. The van der Waals surface area contributed by atoms with Gasteiger partial charge in [0, 0.05) is 47.9 Å². The number of hydrogen-bond acceptors (Lipinski definition) is 3. The molecule has 8 aromatic carbocycles. The number of nitrogens with zero attached hydrogens (tertiary/aromatic N) is 1. The van der Waals surface area contributed by atoms with Crippen LogP contribution in [-0.2, 0) is 0 Å². The molecule has 10 aromatic rings.